The third-order valence-corrected chi connectivity index (χ3v) is 2.29. The van der Waals surface area contributed by atoms with Crippen molar-refractivity contribution in [2.75, 3.05) is 5.75 Å². The molecule has 11 heavy (non-hydrogen) atoms. The van der Waals surface area contributed by atoms with E-state index in [1.807, 2.05) is 12.1 Å². The first-order valence-corrected chi connectivity index (χ1v) is 4.44. The van der Waals surface area contributed by atoms with Gasteiger partial charge in [0.2, 0.25) is 0 Å². The molecule has 0 fully saturated rings. The van der Waals surface area contributed by atoms with Crippen LogP contribution in [0.4, 0.5) is 0 Å². The molecule has 0 saturated heterocycles. The van der Waals surface area contributed by atoms with Crippen LogP contribution in [0.2, 0.25) is 0 Å². The maximum absolute atomic E-state index is 5.22. The predicted molar refractivity (Wildman–Crippen MR) is 45.5 cm³/mol. The maximum Gasteiger partial charge on any atom is 0.128 e. The Bertz CT molecular complexity index is 245. The van der Waals surface area contributed by atoms with Crippen molar-refractivity contribution >= 4 is 17.3 Å². The zero-order valence-electron chi connectivity index (χ0n) is 5.86. The Morgan fingerprint density at radius 1 is 1.73 bits per heavy atom. The summed E-state index contributed by atoms with van der Waals surface area (Å²) in [6.07, 6.45) is 1.68. The third-order valence-electron chi connectivity index (χ3n) is 1.51. The topological polar surface area (TPSA) is 37.5 Å². The van der Waals surface area contributed by atoms with E-state index in [0.29, 0.717) is 0 Å². The van der Waals surface area contributed by atoms with Crippen LogP contribution in [0.1, 0.15) is 11.8 Å². The van der Waals surface area contributed by atoms with Gasteiger partial charge in [-0.25, -0.2) is 0 Å². The zero-order chi connectivity index (χ0) is 7.52. The number of furan rings is 1. The molecule has 1 aliphatic heterocycles. The highest BCUT2D eigenvalue weighted by atomic mass is 32.2. The van der Waals surface area contributed by atoms with Crippen LogP contribution in [0.15, 0.2) is 27.9 Å². The molecule has 1 atom stereocenters. The lowest BCUT2D eigenvalue weighted by Crippen LogP contribution is -2.20. The largest absolute Gasteiger partial charge is 0.467 e. The van der Waals surface area contributed by atoms with E-state index in [1.54, 1.807) is 23.6 Å². The van der Waals surface area contributed by atoms with E-state index in [2.05, 4.69) is 10.5 Å². The van der Waals surface area contributed by atoms with Gasteiger partial charge in [0, 0.05) is 5.75 Å². The van der Waals surface area contributed by atoms with Gasteiger partial charge < -0.3 is 4.42 Å². The molecule has 1 N–H and O–H groups in total. The molecule has 58 valence electrons. The number of rotatable bonds is 1. The van der Waals surface area contributed by atoms with Crippen molar-refractivity contribution in [2.24, 2.45) is 5.10 Å². The smallest absolute Gasteiger partial charge is 0.128 e. The van der Waals surface area contributed by atoms with Crippen LogP contribution in [0, 0.1) is 0 Å². The van der Waals surface area contributed by atoms with Crippen LogP contribution in [-0.2, 0) is 0 Å². The summed E-state index contributed by atoms with van der Waals surface area (Å²) in [4.78, 5) is 0. The molecule has 2 rings (SSSR count). The Balaban J connectivity index is 2.11. The molecule has 4 heteroatoms. The van der Waals surface area contributed by atoms with E-state index in [9.17, 15) is 0 Å². The predicted octanol–water partition coefficient (Wildman–Crippen LogP) is 1.60. The first-order chi connectivity index (χ1) is 5.47. The van der Waals surface area contributed by atoms with Crippen LogP contribution < -0.4 is 5.43 Å². The molecular weight excluding hydrogens is 160 g/mol. The fraction of sp³-hybridized carbons (Fsp3) is 0.286. The average molecular weight is 168 g/mol. The van der Waals surface area contributed by atoms with E-state index >= 15 is 0 Å². The number of nitrogens with zero attached hydrogens (tertiary/aromatic N) is 1. The van der Waals surface area contributed by atoms with E-state index in [-0.39, 0.29) is 6.04 Å². The molecule has 0 radical (unpaired) electrons. The summed E-state index contributed by atoms with van der Waals surface area (Å²) in [6, 6.07) is 4.08. The average Bonchev–Trinajstić information content (AvgIpc) is 2.58. The molecule has 0 spiro atoms. The van der Waals surface area contributed by atoms with Gasteiger partial charge in [-0.15, -0.1) is 11.8 Å². The Hall–Kier alpha value is -0.900. The van der Waals surface area contributed by atoms with Crippen LogP contribution in [0.5, 0.6) is 0 Å². The molecule has 1 aliphatic rings. The highest BCUT2D eigenvalue weighted by Crippen LogP contribution is 2.19. The summed E-state index contributed by atoms with van der Waals surface area (Å²) in [7, 11) is 0. The van der Waals surface area contributed by atoms with E-state index in [1.165, 1.54) is 0 Å². The maximum atomic E-state index is 5.22. The van der Waals surface area contributed by atoms with Gasteiger partial charge in [0.25, 0.3) is 0 Å². The Kier molecular flexibility index (Phi) is 1.85. The number of thioether (sulfide) groups is 1. The standard InChI is InChI=1S/C7H8N2OS/c1-2-7(10-3-1)6-4-11-5-8-9-6/h1-3,5-6,9H,4H2. The fourth-order valence-electron chi connectivity index (χ4n) is 0.969. The van der Waals surface area contributed by atoms with Crippen molar-refractivity contribution in [3.63, 3.8) is 0 Å². The van der Waals surface area contributed by atoms with E-state index < -0.39 is 0 Å². The summed E-state index contributed by atoms with van der Waals surface area (Å²) < 4.78 is 5.22. The SMILES string of the molecule is C1=NNC(c2ccco2)CS1. The number of hydrogen-bond donors (Lipinski definition) is 1. The number of hydrogen-bond acceptors (Lipinski definition) is 4. The summed E-state index contributed by atoms with van der Waals surface area (Å²) in [5.74, 6) is 1.94. The molecule has 0 amide bonds. The van der Waals surface area contributed by atoms with Crippen molar-refractivity contribution < 1.29 is 4.42 Å². The van der Waals surface area contributed by atoms with Gasteiger partial charge in [-0.3, -0.25) is 5.43 Å². The van der Waals surface area contributed by atoms with Crippen molar-refractivity contribution in [3.05, 3.63) is 24.2 Å². The van der Waals surface area contributed by atoms with Gasteiger partial charge >= 0.3 is 0 Å². The molecule has 1 aromatic rings. The van der Waals surface area contributed by atoms with Gasteiger partial charge in [0.15, 0.2) is 0 Å². The summed E-state index contributed by atoms with van der Waals surface area (Å²) >= 11 is 1.69. The molecule has 1 aromatic heterocycles. The van der Waals surface area contributed by atoms with Gasteiger partial charge in [-0.1, -0.05) is 0 Å². The quantitative estimate of drug-likeness (QED) is 0.692. The first-order valence-electron chi connectivity index (χ1n) is 3.39. The zero-order valence-corrected chi connectivity index (χ0v) is 6.67. The highest BCUT2D eigenvalue weighted by Gasteiger charge is 2.14. The van der Waals surface area contributed by atoms with Gasteiger partial charge in [-0.2, -0.15) is 5.10 Å². The van der Waals surface area contributed by atoms with Gasteiger partial charge in [0.05, 0.1) is 11.8 Å². The van der Waals surface area contributed by atoms with Gasteiger partial charge in [0.1, 0.15) is 11.8 Å². The molecule has 0 aromatic carbocycles. The summed E-state index contributed by atoms with van der Waals surface area (Å²) in [6.45, 7) is 0. The van der Waals surface area contributed by atoms with Crippen LogP contribution in [0.3, 0.4) is 0 Å². The normalized spacial score (nSPS) is 23.1. The van der Waals surface area contributed by atoms with Crippen LogP contribution >= 0.6 is 11.8 Å². The molecule has 1 unspecified atom stereocenters. The Morgan fingerprint density at radius 3 is 3.36 bits per heavy atom. The lowest BCUT2D eigenvalue weighted by atomic mass is 10.3. The minimum Gasteiger partial charge on any atom is -0.467 e. The Morgan fingerprint density at radius 2 is 2.73 bits per heavy atom. The molecule has 0 aliphatic carbocycles. The monoisotopic (exact) mass is 168 g/mol. The highest BCUT2D eigenvalue weighted by molar-refractivity contribution is 8.12. The Labute approximate surface area is 68.9 Å². The van der Waals surface area contributed by atoms with E-state index in [4.69, 9.17) is 4.42 Å². The second-order valence-corrected chi connectivity index (χ2v) is 3.14. The number of nitrogens with one attached hydrogen (secondary N) is 1. The van der Waals surface area contributed by atoms with Crippen molar-refractivity contribution in [2.45, 2.75) is 6.04 Å². The second-order valence-electron chi connectivity index (χ2n) is 2.26. The minimum absolute atomic E-state index is 0.236. The third kappa shape index (κ3) is 1.40. The molecule has 0 saturated carbocycles. The lowest BCUT2D eigenvalue weighted by molar-refractivity contribution is 0.441. The fourth-order valence-corrected chi connectivity index (χ4v) is 1.62. The number of hydrazone groups is 1. The minimum atomic E-state index is 0.236. The van der Waals surface area contributed by atoms with Crippen LogP contribution in [-0.4, -0.2) is 11.3 Å². The molecular formula is C7H8N2OS. The first kappa shape index (κ1) is 6.79. The second kappa shape index (κ2) is 3.00. The van der Waals surface area contributed by atoms with Crippen LogP contribution in [0.25, 0.3) is 0 Å². The molecule has 0 bridgehead atoms. The van der Waals surface area contributed by atoms with Crippen molar-refractivity contribution in [1.29, 1.82) is 0 Å². The van der Waals surface area contributed by atoms with Crippen molar-refractivity contribution in [3.8, 4) is 0 Å². The van der Waals surface area contributed by atoms with Gasteiger partial charge in [-0.05, 0) is 12.1 Å². The summed E-state index contributed by atoms with van der Waals surface area (Å²) in [5, 5.41) is 3.94. The lowest BCUT2D eigenvalue weighted by Gasteiger charge is -2.15. The van der Waals surface area contributed by atoms with E-state index in [0.717, 1.165) is 11.5 Å². The van der Waals surface area contributed by atoms with Crippen molar-refractivity contribution in [1.82, 2.24) is 5.43 Å². The molecule has 3 nitrogen and oxygen atoms in total. The summed E-state index contributed by atoms with van der Waals surface area (Å²) in [5.41, 5.74) is 4.78. The molecule has 2 heterocycles.